The Morgan fingerprint density at radius 2 is 2.03 bits per heavy atom. The third-order valence-corrected chi connectivity index (χ3v) is 8.70. The van der Waals surface area contributed by atoms with Gasteiger partial charge in [-0.15, -0.1) is 6.58 Å². The predicted molar refractivity (Wildman–Crippen MR) is 128 cm³/mol. The number of carbonyl (C=O) groups excluding carboxylic acids is 1. The predicted octanol–water partition coefficient (Wildman–Crippen LogP) is 6.16. The molecule has 3 heteroatoms. The Bertz CT molecular complexity index is 725. The van der Waals surface area contributed by atoms with E-state index in [-0.39, 0.29) is 11.9 Å². The van der Waals surface area contributed by atoms with E-state index in [4.69, 9.17) is 0 Å². The fourth-order valence-electron chi connectivity index (χ4n) is 6.86. The van der Waals surface area contributed by atoms with Crippen molar-refractivity contribution in [1.29, 1.82) is 0 Å². The molecule has 3 rings (SSSR count). The van der Waals surface area contributed by atoms with Crippen LogP contribution in [0.25, 0.3) is 0 Å². The van der Waals surface area contributed by atoms with E-state index in [0.29, 0.717) is 35.5 Å². The number of ketones is 1. The van der Waals surface area contributed by atoms with E-state index in [2.05, 4.69) is 32.6 Å². The summed E-state index contributed by atoms with van der Waals surface area (Å²) in [7, 11) is 0. The molecule has 3 aliphatic rings. The molecular formula is C28H44O3. The summed E-state index contributed by atoms with van der Waals surface area (Å²) < 4.78 is 0. The molecule has 3 saturated carbocycles. The number of aliphatic hydroxyl groups is 2. The molecule has 6 atom stereocenters. The van der Waals surface area contributed by atoms with Gasteiger partial charge in [0, 0.05) is 6.42 Å². The van der Waals surface area contributed by atoms with Gasteiger partial charge in [-0.05, 0) is 101 Å². The monoisotopic (exact) mass is 428 g/mol. The summed E-state index contributed by atoms with van der Waals surface area (Å²) >= 11 is 0. The van der Waals surface area contributed by atoms with E-state index >= 15 is 0 Å². The summed E-state index contributed by atoms with van der Waals surface area (Å²) in [5.74, 6) is 2.14. The second-order valence-corrected chi connectivity index (χ2v) is 11.5. The van der Waals surface area contributed by atoms with Gasteiger partial charge in [0.15, 0.2) is 5.78 Å². The first-order valence-electron chi connectivity index (χ1n) is 12.5. The zero-order valence-electron chi connectivity index (χ0n) is 20.2. The van der Waals surface area contributed by atoms with Gasteiger partial charge in [-0.3, -0.25) is 4.79 Å². The zero-order chi connectivity index (χ0) is 22.8. The number of allylic oxidation sites excluding steroid dienone is 4. The second kappa shape index (κ2) is 9.75. The number of Topliss-reactive ketones (excluding diaryl/α,β-unsaturated/α-hetero) is 1. The Morgan fingerprint density at radius 1 is 1.29 bits per heavy atom. The first-order valence-corrected chi connectivity index (χ1v) is 12.5. The van der Waals surface area contributed by atoms with E-state index in [0.717, 1.165) is 25.7 Å². The molecule has 0 aromatic rings. The Morgan fingerprint density at radius 3 is 2.71 bits per heavy atom. The molecule has 0 bridgehead atoms. The van der Waals surface area contributed by atoms with Crippen LogP contribution in [0.5, 0.6) is 0 Å². The molecule has 2 N–H and O–H groups in total. The topological polar surface area (TPSA) is 57.5 Å². The molecule has 3 aliphatic carbocycles. The molecule has 3 nitrogen and oxygen atoms in total. The average molecular weight is 429 g/mol. The molecule has 0 radical (unpaired) electrons. The van der Waals surface area contributed by atoms with E-state index in [9.17, 15) is 15.0 Å². The maximum atomic E-state index is 12.2. The average Bonchev–Trinajstić information content (AvgIpc) is 3.06. The fraction of sp³-hybridized carbons (Fsp3) is 0.750. The van der Waals surface area contributed by atoms with Crippen molar-refractivity contribution in [3.05, 3.63) is 36.0 Å². The van der Waals surface area contributed by atoms with Crippen LogP contribution < -0.4 is 0 Å². The van der Waals surface area contributed by atoms with Crippen molar-refractivity contribution in [2.75, 3.05) is 0 Å². The number of hydrogen-bond donors (Lipinski definition) is 2. The van der Waals surface area contributed by atoms with Crippen molar-refractivity contribution in [2.24, 2.45) is 29.1 Å². The summed E-state index contributed by atoms with van der Waals surface area (Å²) in [6.45, 7) is 11.9. The normalized spacial score (nSPS) is 37.6. The summed E-state index contributed by atoms with van der Waals surface area (Å²) in [6, 6.07) is 0. The highest BCUT2D eigenvalue weighted by atomic mass is 16.3. The lowest BCUT2D eigenvalue weighted by atomic mass is 9.60. The molecule has 0 aliphatic heterocycles. The van der Waals surface area contributed by atoms with Gasteiger partial charge in [-0.2, -0.15) is 0 Å². The number of rotatable bonds is 7. The van der Waals surface area contributed by atoms with Crippen molar-refractivity contribution < 1.29 is 15.0 Å². The smallest absolute Gasteiger partial charge is 0.163 e. The molecule has 2 unspecified atom stereocenters. The lowest BCUT2D eigenvalue weighted by Crippen LogP contribution is -2.36. The molecule has 174 valence electrons. The summed E-state index contributed by atoms with van der Waals surface area (Å²) in [4.78, 5) is 12.2. The molecule has 3 fully saturated rings. The van der Waals surface area contributed by atoms with Gasteiger partial charge >= 0.3 is 0 Å². The standard InChI is InChI=1S/C28H44O3/c1-6-20-16-21(18-23(29)17-20)10-11-22-8-7-15-28(5)24(12-13-25(22)28)19(2)9-14-26(30)27(3,4)31/h6,10-11,19-20,23-25,29,31H,1,7-9,12-18H2,2-5H3/b21-10-,22-11+/t19-,20+,23-,24?,25?,28+/m0/s1. The van der Waals surface area contributed by atoms with Gasteiger partial charge in [0.25, 0.3) is 0 Å². The van der Waals surface area contributed by atoms with Crippen LogP contribution in [0.15, 0.2) is 36.0 Å². The van der Waals surface area contributed by atoms with Crippen LogP contribution in [0, 0.1) is 29.1 Å². The number of aliphatic hydroxyl groups excluding tert-OH is 1. The molecule has 0 amide bonds. The highest BCUT2D eigenvalue weighted by Gasteiger charge is 2.50. The first kappa shape index (κ1) is 24.5. The maximum absolute atomic E-state index is 12.2. The number of hydrogen-bond acceptors (Lipinski definition) is 3. The lowest BCUT2D eigenvalue weighted by molar-refractivity contribution is -0.134. The minimum Gasteiger partial charge on any atom is -0.393 e. The van der Waals surface area contributed by atoms with Crippen LogP contribution >= 0.6 is 0 Å². The third-order valence-electron chi connectivity index (χ3n) is 8.70. The Kier molecular flexibility index (Phi) is 7.69. The van der Waals surface area contributed by atoms with E-state index in [1.807, 2.05) is 6.08 Å². The van der Waals surface area contributed by atoms with Gasteiger partial charge in [0.1, 0.15) is 5.60 Å². The van der Waals surface area contributed by atoms with Crippen molar-refractivity contribution in [3.8, 4) is 0 Å². The molecule has 0 spiro atoms. The largest absolute Gasteiger partial charge is 0.393 e. The van der Waals surface area contributed by atoms with E-state index in [1.165, 1.54) is 37.7 Å². The first-order chi connectivity index (χ1) is 14.5. The quantitative estimate of drug-likeness (QED) is 0.478. The fourth-order valence-corrected chi connectivity index (χ4v) is 6.86. The van der Waals surface area contributed by atoms with Gasteiger partial charge in [-0.1, -0.05) is 43.2 Å². The summed E-state index contributed by atoms with van der Waals surface area (Å²) in [5, 5.41) is 20.2. The molecule has 0 aromatic carbocycles. The van der Waals surface area contributed by atoms with Crippen LogP contribution in [-0.4, -0.2) is 27.7 Å². The number of fused-ring (bicyclic) bond motifs is 1. The SMILES string of the molecule is C=C[C@@H]1C/C(=C/C=C2\CCC[C@@]3(C)C2CCC3[C@@H](C)CCC(=O)C(C)(C)O)C[C@@H](O)C1. The Balaban J connectivity index is 1.69. The second-order valence-electron chi connectivity index (χ2n) is 11.5. The molecule has 0 saturated heterocycles. The van der Waals surface area contributed by atoms with Gasteiger partial charge in [0.2, 0.25) is 0 Å². The molecular weight excluding hydrogens is 384 g/mol. The third kappa shape index (κ3) is 5.60. The summed E-state index contributed by atoms with van der Waals surface area (Å²) in [5.41, 5.74) is 2.05. The molecule has 31 heavy (non-hydrogen) atoms. The van der Waals surface area contributed by atoms with Gasteiger partial charge < -0.3 is 10.2 Å². The lowest BCUT2D eigenvalue weighted by Gasteiger charge is -2.44. The Labute approximate surface area is 189 Å². The summed E-state index contributed by atoms with van der Waals surface area (Å²) in [6.07, 6.45) is 16.7. The van der Waals surface area contributed by atoms with Crippen molar-refractivity contribution in [1.82, 2.24) is 0 Å². The Hall–Kier alpha value is -1.19. The van der Waals surface area contributed by atoms with Crippen LogP contribution in [-0.2, 0) is 4.79 Å². The van der Waals surface area contributed by atoms with Crippen molar-refractivity contribution in [3.63, 3.8) is 0 Å². The molecule has 0 aromatic heterocycles. The zero-order valence-corrected chi connectivity index (χ0v) is 20.2. The van der Waals surface area contributed by atoms with Gasteiger partial charge in [-0.25, -0.2) is 0 Å². The highest BCUT2D eigenvalue weighted by Crippen LogP contribution is 2.59. The van der Waals surface area contributed by atoms with Gasteiger partial charge in [0.05, 0.1) is 6.10 Å². The van der Waals surface area contributed by atoms with Crippen LogP contribution in [0.1, 0.15) is 91.9 Å². The van der Waals surface area contributed by atoms with Crippen LogP contribution in [0.3, 0.4) is 0 Å². The van der Waals surface area contributed by atoms with Crippen LogP contribution in [0.2, 0.25) is 0 Å². The highest BCUT2D eigenvalue weighted by molar-refractivity contribution is 5.86. The molecule has 0 heterocycles. The van der Waals surface area contributed by atoms with Crippen molar-refractivity contribution >= 4 is 5.78 Å². The maximum Gasteiger partial charge on any atom is 0.163 e. The number of carbonyl (C=O) groups is 1. The van der Waals surface area contributed by atoms with Crippen molar-refractivity contribution in [2.45, 2.75) is 104 Å². The minimum atomic E-state index is -1.21. The van der Waals surface area contributed by atoms with E-state index < -0.39 is 5.60 Å². The van der Waals surface area contributed by atoms with Crippen LogP contribution in [0.4, 0.5) is 0 Å². The van der Waals surface area contributed by atoms with E-state index in [1.54, 1.807) is 19.4 Å². The minimum absolute atomic E-state index is 0.0394.